The fourth-order valence-electron chi connectivity index (χ4n) is 3.88. The second-order valence-electron chi connectivity index (χ2n) is 7.13. The van der Waals surface area contributed by atoms with E-state index in [0.717, 1.165) is 32.1 Å². The number of esters is 1. The Labute approximate surface area is 188 Å². The van der Waals surface area contributed by atoms with Crippen molar-refractivity contribution in [2.45, 2.75) is 74.7 Å². The van der Waals surface area contributed by atoms with Gasteiger partial charge in [0, 0.05) is 11.8 Å². The van der Waals surface area contributed by atoms with Crippen LogP contribution in [0.1, 0.15) is 38.5 Å². The number of alkyl carbamates (subject to hydrolysis) is 1. The highest BCUT2D eigenvalue weighted by atomic mass is 127. The van der Waals surface area contributed by atoms with E-state index in [-0.39, 0.29) is 22.2 Å². The Morgan fingerprint density at radius 2 is 1.76 bits per heavy atom. The van der Waals surface area contributed by atoms with Crippen molar-refractivity contribution in [1.29, 1.82) is 0 Å². The molecule has 0 spiro atoms. The molecular weight excluding hydrogens is 667 g/mol. The number of rotatable bonds is 4. The third kappa shape index (κ3) is 5.31. The molecule has 3 aliphatic rings. The van der Waals surface area contributed by atoms with Crippen molar-refractivity contribution in [3.63, 3.8) is 0 Å². The maximum absolute atomic E-state index is 11.7. The minimum absolute atomic E-state index is 0.200. The summed E-state index contributed by atoms with van der Waals surface area (Å²) in [6.45, 7) is 0. The van der Waals surface area contributed by atoms with Crippen LogP contribution in [0.2, 0.25) is 0 Å². The van der Waals surface area contributed by atoms with Crippen molar-refractivity contribution in [2.75, 3.05) is 0 Å². The summed E-state index contributed by atoms with van der Waals surface area (Å²) in [6.07, 6.45) is 4.84. The first kappa shape index (κ1) is 20.8. The fraction of sp³-hybridized carbons (Fsp3) is 0.875. The zero-order valence-corrected chi connectivity index (χ0v) is 20.0. The van der Waals surface area contributed by atoms with Crippen LogP contribution < -0.4 is 5.32 Å². The van der Waals surface area contributed by atoms with Gasteiger partial charge in [-0.1, -0.05) is 67.8 Å². The molecule has 0 aromatic carbocycles. The number of aliphatic hydroxyl groups is 1. The molecule has 2 N–H and O–H groups in total. The third-order valence-electron chi connectivity index (χ3n) is 5.21. The number of ether oxygens (including phenoxy) is 2. The van der Waals surface area contributed by atoms with Crippen LogP contribution >= 0.6 is 67.8 Å². The summed E-state index contributed by atoms with van der Waals surface area (Å²) in [7, 11) is 0. The standard InChI is InChI=1S/C16H22I3NO5/c17-9-6-8(1-2-13(9)21)24-14-10(18)3-7(4-11(14)19)5-12-15(22)25-16(23)20-12/h7-14,21H,1-6H2,(H,20,23)/t7?,8?,9?,10?,11?,12-,13?,14?/m0/s1. The molecule has 2 aliphatic carbocycles. The monoisotopic (exact) mass is 689 g/mol. The average molecular weight is 689 g/mol. The first-order valence-electron chi connectivity index (χ1n) is 8.61. The maximum Gasteiger partial charge on any atom is 0.415 e. The van der Waals surface area contributed by atoms with Crippen LogP contribution in [-0.2, 0) is 14.3 Å². The van der Waals surface area contributed by atoms with E-state index < -0.39 is 18.1 Å². The van der Waals surface area contributed by atoms with E-state index in [1.54, 1.807) is 0 Å². The first-order chi connectivity index (χ1) is 11.8. The number of hydrogen-bond donors (Lipinski definition) is 2. The van der Waals surface area contributed by atoms with Gasteiger partial charge in [-0.15, -0.1) is 0 Å². The number of aliphatic hydroxyl groups excluding tert-OH is 1. The van der Waals surface area contributed by atoms with Crippen molar-refractivity contribution >= 4 is 79.8 Å². The third-order valence-corrected chi connectivity index (χ3v) is 8.98. The summed E-state index contributed by atoms with van der Waals surface area (Å²) in [5.74, 6) is -0.0719. The van der Waals surface area contributed by atoms with E-state index in [0.29, 0.717) is 20.2 Å². The molecule has 6 nitrogen and oxygen atoms in total. The normalized spacial score (nSPS) is 45.1. The number of amides is 1. The van der Waals surface area contributed by atoms with Gasteiger partial charge in [-0.05, 0) is 44.4 Å². The summed E-state index contributed by atoms with van der Waals surface area (Å²) in [4.78, 5) is 22.8. The van der Waals surface area contributed by atoms with Crippen molar-refractivity contribution in [2.24, 2.45) is 5.92 Å². The molecule has 9 heteroatoms. The van der Waals surface area contributed by atoms with Gasteiger partial charge in [0.1, 0.15) is 6.04 Å². The van der Waals surface area contributed by atoms with Gasteiger partial charge < -0.3 is 19.9 Å². The molecule has 25 heavy (non-hydrogen) atoms. The number of nitrogens with one attached hydrogen (secondary N) is 1. The molecule has 1 heterocycles. The Bertz CT molecular complexity index is 510. The van der Waals surface area contributed by atoms with E-state index in [4.69, 9.17) is 4.74 Å². The molecule has 3 fully saturated rings. The highest BCUT2D eigenvalue weighted by Crippen LogP contribution is 2.40. The highest BCUT2D eigenvalue weighted by molar-refractivity contribution is 14.1. The van der Waals surface area contributed by atoms with E-state index in [9.17, 15) is 14.7 Å². The van der Waals surface area contributed by atoms with Gasteiger partial charge in [-0.3, -0.25) is 0 Å². The molecule has 1 aliphatic heterocycles. The molecule has 0 aromatic rings. The second-order valence-corrected chi connectivity index (χ2v) is 11.9. The average Bonchev–Trinajstić information content (AvgIpc) is 2.84. The quantitative estimate of drug-likeness (QED) is 0.205. The van der Waals surface area contributed by atoms with Gasteiger partial charge in [0.25, 0.3) is 0 Å². The predicted octanol–water partition coefficient (Wildman–Crippen LogP) is 3.13. The lowest BCUT2D eigenvalue weighted by molar-refractivity contribution is -0.135. The first-order valence-corrected chi connectivity index (χ1v) is 12.3. The molecule has 3 rings (SSSR count). The minimum Gasteiger partial charge on any atom is -0.392 e. The smallest absolute Gasteiger partial charge is 0.392 e. The number of carbonyl (C=O) groups excluding carboxylic acids is 2. The number of cyclic esters (lactones) is 2. The molecule has 1 saturated heterocycles. The molecular formula is C16H22I3NO5. The van der Waals surface area contributed by atoms with Gasteiger partial charge >= 0.3 is 12.1 Å². The molecule has 5 unspecified atom stereocenters. The van der Waals surface area contributed by atoms with E-state index in [1.807, 2.05) is 0 Å². The van der Waals surface area contributed by atoms with Crippen LogP contribution in [0.15, 0.2) is 0 Å². The van der Waals surface area contributed by atoms with Crippen LogP contribution in [0.3, 0.4) is 0 Å². The largest absolute Gasteiger partial charge is 0.415 e. The lowest BCUT2D eigenvalue weighted by Gasteiger charge is -2.41. The van der Waals surface area contributed by atoms with Crippen LogP contribution in [0.25, 0.3) is 0 Å². The Balaban J connectivity index is 1.52. The summed E-state index contributed by atoms with van der Waals surface area (Å²) in [5.41, 5.74) is 0. The van der Waals surface area contributed by atoms with Crippen LogP contribution in [0, 0.1) is 5.92 Å². The molecule has 0 aromatic heterocycles. The van der Waals surface area contributed by atoms with Gasteiger partial charge in [-0.2, -0.15) is 0 Å². The molecule has 0 bridgehead atoms. The summed E-state index contributed by atoms with van der Waals surface area (Å²) in [5, 5.41) is 12.5. The van der Waals surface area contributed by atoms with E-state index in [2.05, 4.69) is 77.8 Å². The highest BCUT2D eigenvalue weighted by Gasteiger charge is 2.42. The van der Waals surface area contributed by atoms with Crippen LogP contribution in [0.5, 0.6) is 0 Å². The zero-order chi connectivity index (χ0) is 18.1. The molecule has 1 amide bonds. The predicted molar refractivity (Wildman–Crippen MR) is 118 cm³/mol. The molecule has 2 saturated carbocycles. The van der Waals surface area contributed by atoms with Crippen molar-refractivity contribution < 1.29 is 24.2 Å². The summed E-state index contributed by atoms with van der Waals surface area (Å²) >= 11 is 7.26. The Morgan fingerprint density at radius 1 is 1.08 bits per heavy atom. The lowest BCUT2D eigenvalue weighted by Crippen LogP contribution is -2.45. The van der Waals surface area contributed by atoms with Crippen LogP contribution in [-0.4, -0.2) is 53.3 Å². The van der Waals surface area contributed by atoms with Crippen molar-refractivity contribution in [1.82, 2.24) is 5.32 Å². The van der Waals surface area contributed by atoms with Crippen molar-refractivity contribution in [3.05, 3.63) is 0 Å². The Morgan fingerprint density at radius 3 is 2.32 bits per heavy atom. The van der Waals surface area contributed by atoms with Gasteiger partial charge in [0.15, 0.2) is 0 Å². The Kier molecular flexibility index (Phi) is 7.51. The molecule has 142 valence electrons. The SMILES string of the molecule is O=C1N[C@@H](CC2CC(I)C(OC3CCC(O)C(I)C3)C(I)C2)C(=O)O1. The summed E-state index contributed by atoms with van der Waals surface area (Å²) < 4.78 is 12.0. The number of halogens is 3. The van der Waals surface area contributed by atoms with Gasteiger partial charge in [-0.25, -0.2) is 9.59 Å². The van der Waals surface area contributed by atoms with E-state index >= 15 is 0 Å². The fourth-order valence-corrected chi connectivity index (χ4v) is 8.38. The number of carbonyl (C=O) groups is 2. The number of alkyl halides is 3. The Hall–Kier alpha value is 1.05. The second kappa shape index (κ2) is 9.03. The van der Waals surface area contributed by atoms with Gasteiger partial charge in [0.2, 0.25) is 0 Å². The van der Waals surface area contributed by atoms with E-state index in [1.165, 1.54) is 0 Å². The topological polar surface area (TPSA) is 84.9 Å². The molecule has 0 radical (unpaired) electrons. The number of hydrogen-bond acceptors (Lipinski definition) is 5. The summed E-state index contributed by atoms with van der Waals surface area (Å²) in [6, 6.07) is -0.498. The lowest BCUT2D eigenvalue weighted by atomic mass is 9.83. The maximum atomic E-state index is 11.7. The molecule has 6 atom stereocenters. The van der Waals surface area contributed by atoms with Crippen LogP contribution in [0.4, 0.5) is 4.79 Å². The zero-order valence-electron chi connectivity index (χ0n) is 13.6. The van der Waals surface area contributed by atoms with Crippen molar-refractivity contribution in [3.8, 4) is 0 Å². The van der Waals surface area contributed by atoms with Gasteiger partial charge in [0.05, 0.1) is 18.3 Å². The minimum atomic E-state index is -0.628.